The molecular formula is C8H5IN2O2S2. The maximum Gasteiger partial charge on any atom is 0.302 e. The highest BCUT2D eigenvalue weighted by Crippen LogP contribution is 2.25. The molecule has 15 heavy (non-hydrogen) atoms. The van der Waals surface area contributed by atoms with Crippen molar-refractivity contribution in [1.82, 2.24) is 4.98 Å². The molecule has 1 aromatic heterocycles. The third-order valence-corrected chi connectivity index (χ3v) is 3.00. The topological polar surface area (TPSA) is 56.0 Å². The fourth-order valence-electron chi connectivity index (χ4n) is 0.875. The summed E-state index contributed by atoms with van der Waals surface area (Å²) in [5.41, 5.74) is 0.566. The molecular weight excluding hydrogens is 347 g/mol. The van der Waals surface area contributed by atoms with Crippen LogP contribution in [-0.4, -0.2) is 16.2 Å². The zero-order valence-electron chi connectivity index (χ0n) is 7.56. The monoisotopic (exact) mass is 352 g/mol. The molecule has 0 fully saturated rings. The Kier molecular flexibility index (Phi) is 5.21. The van der Waals surface area contributed by atoms with E-state index < -0.39 is 4.92 Å². The lowest BCUT2D eigenvalue weighted by Gasteiger charge is -1.97. The highest BCUT2D eigenvalue weighted by atomic mass is 127. The van der Waals surface area contributed by atoms with Crippen molar-refractivity contribution in [1.29, 1.82) is 0 Å². The lowest BCUT2D eigenvalue weighted by atomic mass is 10.3. The fourth-order valence-corrected chi connectivity index (χ4v) is 1.86. The van der Waals surface area contributed by atoms with E-state index in [1.807, 2.05) is 21.2 Å². The predicted octanol–water partition coefficient (Wildman–Crippen LogP) is 3.10. The van der Waals surface area contributed by atoms with Gasteiger partial charge in [0.2, 0.25) is 0 Å². The number of halogens is 1. The highest BCUT2D eigenvalue weighted by molar-refractivity contribution is 14.2. The first-order valence-corrected chi connectivity index (χ1v) is 8.24. The number of hydrogen-bond acceptors (Lipinski definition) is 5. The summed E-state index contributed by atoms with van der Waals surface area (Å²) in [7, 11) is 1.33. The quantitative estimate of drug-likeness (QED) is 0.269. The van der Waals surface area contributed by atoms with Gasteiger partial charge < -0.3 is 0 Å². The summed E-state index contributed by atoms with van der Waals surface area (Å²) in [6, 6.07) is 1.44. The first-order chi connectivity index (χ1) is 7.19. The van der Waals surface area contributed by atoms with E-state index >= 15 is 0 Å². The number of thioether (sulfide) groups is 1. The van der Waals surface area contributed by atoms with E-state index in [0.29, 0.717) is 10.6 Å². The Balaban J connectivity index is 3.16. The molecule has 1 rings (SSSR count). The summed E-state index contributed by atoms with van der Waals surface area (Å²) >= 11 is 3.28. The summed E-state index contributed by atoms with van der Waals surface area (Å²) in [4.78, 5) is 14.2. The van der Waals surface area contributed by atoms with Crippen molar-refractivity contribution in [3.8, 4) is 11.2 Å². The zero-order chi connectivity index (χ0) is 11.3. The summed E-state index contributed by atoms with van der Waals surface area (Å²) in [6.45, 7) is 0. The lowest BCUT2D eigenvalue weighted by molar-refractivity contribution is -0.388. The molecule has 7 heteroatoms. The summed E-state index contributed by atoms with van der Waals surface area (Å²) < 4.78 is 0. The largest absolute Gasteiger partial charge is 0.302 e. The van der Waals surface area contributed by atoms with Crippen LogP contribution in [0.5, 0.6) is 0 Å². The molecule has 4 nitrogen and oxygen atoms in total. The van der Waals surface area contributed by atoms with E-state index in [2.05, 4.69) is 16.2 Å². The minimum Gasteiger partial charge on any atom is -0.258 e. The number of nitro groups is 1. The van der Waals surface area contributed by atoms with Crippen LogP contribution in [-0.2, 0) is 0 Å². The van der Waals surface area contributed by atoms with E-state index in [0.717, 1.165) is 0 Å². The molecule has 0 aromatic carbocycles. The number of aromatic nitrogens is 1. The van der Waals surface area contributed by atoms with Gasteiger partial charge in [-0.15, -0.1) is 11.8 Å². The van der Waals surface area contributed by atoms with Crippen LogP contribution >= 0.6 is 41.9 Å². The molecule has 0 saturated carbocycles. The van der Waals surface area contributed by atoms with Crippen molar-refractivity contribution in [3.05, 3.63) is 27.9 Å². The Morgan fingerprint density at radius 2 is 2.40 bits per heavy atom. The van der Waals surface area contributed by atoms with Gasteiger partial charge in [-0.1, -0.05) is 5.92 Å². The van der Waals surface area contributed by atoms with E-state index in [4.69, 9.17) is 0 Å². The predicted molar refractivity (Wildman–Crippen MR) is 71.2 cm³/mol. The Morgan fingerprint density at radius 3 is 2.93 bits per heavy atom. The number of rotatable bonds is 2. The number of hydrogen-bond donors (Lipinski definition) is 0. The first-order valence-electron chi connectivity index (χ1n) is 3.66. The van der Waals surface area contributed by atoms with Crippen molar-refractivity contribution in [2.45, 2.75) is 5.03 Å². The fraction of sp³-hybridized carbons (Fsp3) is 0.125. The minimum atomic E-state index is -0.443. The molecule has 0 spiro atoms. The Labute approximate surface area is 107 Å². The van der Waals surface area contributed by atoms with Crippen molar-refractivity contribution in [3.63, 3.8) is 0 Å². The van der Waals surface area contributed by atoms with Crippen LogP contribution in [0.15, 0.2) is 17.3 Å². The molecule has 0 aliphatic carbocycles. The molecule has 1 heterocycles. The molecule has 0 bridgehead atoms. The van der Waals surface area contributed by atoms with Gasteiger partial charge in [-0.25, -0.2) is 4.98 Å². The molecule has 0 unspecified atom stereocenters. The lowest BCUT2D eigenvalue weighted by Crippen LogP contribution is -1.94. The maximum absolute atomic E-state index is 10.7. The summed E-state index contributed by atoms with van der Waals surface area (Å²) in [5, 5.41) is 13.9. The summed E-state index contributed by atoms with van der Waals surface area (Å²) in [6.07, 6.45) is 3.29. The van der Waals surface area contributed by atoms with Gasteiger partial charge in [0.05, 0.1) is 10.5 Å². The summed E-state index contributed by atoms with van der Waals surface area (Å²) in [5.74, 6) is 2.77. The van der Waals surface area contributed by atoms with E-state index in [9.17, 15) is 10.1 Å². The van der Waals surface area contributed by atoms with Crippen molar-refractivity contribution in [2.24, 2.45) is 0 Å². The highest BCUT2D eigenvalue weighted by Gasteiger charge is 2.14. The van der Waals surface area contributed by atoms with Crippen LogP contribution in [0, 0.1) is 21.3 Å². The van der Waals surface area contributed by atoms with Crippen molar-refractivity contribution in [2.75, 3.05) is 6.26 Å². The maximum atomic E-state index is 10.7. The van der Waals surface area contributed by atoms with E-state index in [-0.39, 0.29) is 5.69 Å². The molecule has 1 aromatic rings. The van der Waals surface area contributed by atoms with Gasteiger partial charge in [0.1, 0.15) is 0 Å². The number of pyridine rings is 1. The second kappa shape index (κ2) is 6.19. The molecule has 0 N–H and O–H groups in total. The molecule has 78 valence electrons. The van der Waals surface area contributed by atoms with Gasteiger partial charge in [0.25, 0.3) is 0 Å². The minimum absolute atomic E-state index is 0.00718. The molecule has 0 aliphatic heterocycles. The van der Waals surface area contributed by atoms with Gasteiger partial charge in [0, 0.05) is 33.5 Å². The molecule has 0 aliphatic rings. The van der Waals surface area contributed by atoms with Crippen LogP contribution in [0.25, 0.3) is 0 Å². The first kappa shape index (κ1) is 12.6. The normalized spacial score (nSPS) is 9.20. The van der Waals surface area contributed by atoms with Crippen LogP contribution in [0.4, 0.5) is 5.69 Å². The van der Waals surface area contributed by atoms with Crippen LogP contribution in [0.1, 0.15) is 5.56 Å². The van der Waals surface area contributed by atoms with Gasteiger partial charge in [-0.05, 0) is 20.4 Å². The average molecular weight is 352 g/mol. The average Bonchev–Trinajstić information content (AvgIpc) is 2.25. The second-order valence-electron chi connectivity index (χ2n) is 2.31. The smallest absolute Gasteiger partial charge is 0.258 e. The van der Waals surface area contributed by atoms with Crippen molar-refractivity contribution < 1.29 is 4.92 Å². The van der Waals surface area contributed by atoms with Crippen molar-refractivity contribution >= 4 is 47.6 Å². The Morgan fingerprint density at radius 1 is 1.67 bits per heavy atom. The van der Waals surface area contributed by atoms with Gasteiger partial charge in [-0.3, -0.25) is 10.1 Å². The van der Waals surface area contributed by atoms with E-state index in [1.165, 1.54) is 26.8 Å². The third kappa shape index (κ3) is 3.55. The van der Waals surface area contributed by atoms with Gasteiger partial charge in [0.15, 0.2) is 5.03 Å². The Hall–Kier alpha value is -0.460. The molecule has 0 saturated heterocycles. The van der Waals surface area contributed by atoms with Crippen LogP contribution in [0.2, 0.25) is 0 Å². The van der Waals surface area contributed by atoms with Crippen LogP contribution in [0.3, 0.4) is 0 Å². The molecule has 0 amide bonds. The van der Waals surface area contributed by atoms with Gasteiger partial charge in [-0.2, -0.15) is 0 Å². The third-order valence-electron chi connectivity index (χ3n) is 1.46. The second-order valence-corrected chi connectivity index (χ2v) is 4.79. The number of nitrogens with zero attached hydrogens (tertiary/aromatic N) is 2. The van der Waals surface area contributed by atoms with Gasteiger partial charge >= 0.3 is 5.69 Å². The zero-order valence-corrected chi connectivity index (χ0v) is 11.4. The van der Waals surface area contributed by atoms with E-state index in [1.54, 1.807) is 12.5 Å². The molecule has 0 radical (unpaired) electrons. The standard InChI is InChI=1S/C8H5IN2O2S2/c1-14-8-7(11(12)13)4-6(5-10-8)2-3-15-9/h4-5H,1H3. The SMILES string of the molecule is CSc1ncc(C#CSI)cc1[N+](=O)[O-]. The molecule has 0 atom stereocenters. The Bertz CT molecular complexity index is 442. The van der Waals surface area contributed by atoms with Crippen LogP contribution < -0.4 is 0 Å².